The summed E-state index contributed by atoms with van der Waals surface area (Å²) in [6.07, 6.45) is 3.91. The molecule has 1 aromatic rings. The van der Waals surface area contributed by atoms with Crippen LogP contribution in [-0.4, -0.2) is 36.5 Å². The first-order chi connectivity index (χ1) is 9.74. The van der Waals surface area contributed by atoms with E-state index in [1.165, 1.54) is 25.8 Å². The van der Waals surface area contributed by atoms with Gasteiger partial charge in [0, 0.05) is 19.1 Å². The van der Waals surface area contributed by atoms with E-state index in [0.717, 1.165) is 24.7 Å². The van der Waals surface area contributed by atoms with Crippen molar-refractivity contribution in [2.75, 3.05) is 19.6 Å². The summed E-state index contributed by atoms with van der Waals surface area (Å²) >= 11 is 0. The predicted molar refractivity (Wildman–Crippen MR) is 93.6 cm³/mol. The summed E-state index contributed by atoms with van der Waals surface area (Å²) in [6.45, 7) is 3.07. The van der Waals surface area contributed by atoms with Crippen molar-refractivity contribution in [3.63, 3.8) is 0 Å². The Hall–Kier alpha value is -0.810. The first kappa shape index (κ1) is 19.2. The van der Waals surface area contributed by atoms with Crippen LogP contribution in [0.3, 0.4) is 0 Å². The third-order valence-electron chi connectivity index (χ3n) is 4.39. The highest BCUT2D eigenvalue weighted by Gasteiger charge is 2.34. The molecule has 0 spiro atoms. The van der Waals surface area contributed by atoms with E-state index >= 15 is 0 Å². The Morgan fingerprint density at radius 2 is 1.91 bits per heavy atom. The number of nitrogens with zero attached hydrogens (tertiary/aromatic N) is 1. The molecule has 4 nitrogen and oxygen atoms in total. The molecule has 124 valence electrons. The third kappa shape index (κ3) is 4.85. The van der Waals surface area contributed by atoms with E-state index < -0.39 is 6.04 Å². The highest BCUT2D eigenvalue weighted by molar-refractivity contribution is 5.85. The molecule has 1 amide bonds. The lowest BCUT2D eigenvalue weighted by atomic mass is 10.1. The van der Waals surface area contributed by atoms with Gasteiger partial charge in [-0.2, -0.15) is 0 Å². The normalized spacial score (nSPS) is 22.3. The van der Waals surface area contributed by atoms with Gasteiger partial charge in [0.05, 0.1) is 0 Å². The van der Waals surface area contributed by atoms with Crippen molar-refractivity contribution >= 4 is 30.7 Å². The molecule has 2 atom stereocenters. The minimum absolute atomic E-state index is 0. The molecular weight excluding hydrogens is 321 g/mol. The van der Waals surface area contributed by atoms with Crippen molar-refractivity contribution in [1.29, 1.82) is 0 Å². The van der Waals surface area contributed by atoms with Crippen LogP contribution in [0.25, 0.3) is 0 Å². The fraction of sp³-hybridized carbons (Fsp3) is 0.562. The Labute approximate surface area is 144 Å². The van der Waals surface area contributed by atoms with Gasteiger partial charge in [-0.15, -0.1) is 24.8 Å². The molecule has 3 rings (SSSR count). The molecule has 1 saturated heterocycles. The van der Waals surface area contributed by atoms with E-state index in [1.54, 1.807) is 0 Å². The Morgan fingerprint density at radius 3 is 2.55 bits per heavy atom. The van der Waals surface area contributed by atoms with Gasteiger partial charge in [0.1, 0.15) is 6.04 Å². The topological polar surface area (TPSA) is 58.4 Å². The maximum Gasteiger partial charge on any atom is 0.241 e. The van der Waals surface area contributed by atoms with Gasteiger partial charge in [-0.05, 0) is 37.3 Å². The number of nitrogens with one attached hydrogen (secondary N) is 1. The van der Waals surface area contributed by atoms with Gasteiger partial charge in [0.2, 0.25) is 5.91 Å². The highest BCUT2D eigenvalue weighted by atomic mass is 35.5. The number of hydrogen-bond donors (Lipinski definition) is 2. The summed E-state index contributed by atoms with van der Waals surface area (Å²) in [4.78, 5) is 14.6. The number of rotatable bonds is 5. The molecule has 0 aromatic heterocycles. The summed E-state index contributed by atoms with van der Waals surface area (Å²) < 4.78 is 0. The number of halogens is 2. The molecular formula is C16H25Cl2N3O. The van der Waals surface area contributed by atoms with Crippen LogP contribution in [0.5, 0.6) is 0 Å². The van der Waals surface area contributed by atoms with Gasteiger partial charge in [0.25, 0.3) is 0 Å². The molecule has 1 saturated carbocycles. The van der Waals surface area contributed by atoms with E-state index in [1.807, 2.05) is 30.3 Å². The summed E-state index contributed by atoms with van der Waals surface area (Å²) in [5, 5.41) is 3.01. The first-order valence-electron chi connectivity index (χ1n) is 7.56. The summed E-state index contributed by atoms with van der Waals surface area (Å²) in [5.41, 5.74) is 6.86. The van der Waals surface area contributed by atoms with Crippen LogP contribution in [0.15, 0.2) is 30.3 Å². The average Bonchev–Trinajstić information content (AvgIpc) is 3.24. The highest BCUT2D eigenvalue weighted by Crippen LogP contribution is 2.31. The minimum Gasteiger partial charge on any atom is -0.354 e. The first-order valence-corrected chi connectivity index (χ1v) is 7.56. The minimum atomic E-state index is -0.558. The van der Waals surface area contributed by atoms with Crippen LogP contribution < -0.4 is 11.1 Å². The summed E-state index contributed by atoms with van der Waals surface area (Å²) in [7, 11) is 0. The second-order valence-corrected chi connectivity index (χ2v) is 6.01. The van der Waals surface area contributed by atoms with Crippen molar-refractivity contribution in [2.45, 2.75) is 31.3 Å². The number of benzene rings is 1. The number of hydrogen-bond acceptors (Lipinski definition) is 3. The van der Waals surface area contributed by atoms with E-state index in [-0.39, 0.29) is 30.7 Å². The van der Waals surface area contributed by atoms with Crippen LogP contribution in [0.2, 0.25) is 0 Å². The fourth-order valence-corrected chi connectivity index (χ4v) is 2.97. The second kappa shape index (κ2) is 8.73. The lowest BCUT2D eigenvalue weighted by Gasteiger charge is -2.17. The maximum absolute atomic E-state index is 12.1. The number of nitrogens with two attached hydrogens (primary N) is 1. The zero-order valence-corrected chi connectivity index (χ0v) is 14.2. The van der Waals surface area contributed by atoms with Crippen LogP contribution >= 0.6 is 24.8 Å². The van der Waals surface area contributed by atoms with E-state index in [9.17, 15) is 4.79 Å². The number of carbonyl (C=O) groups excluding carboxylic acids is 1. The molecule has 0 bridgehead atoms. The molecule has 2 fully saturated rings. The Bertz CT molecular complexity index is 468. The molecule has 1 heterocycles. The molecule has 6 heteroatoms. The van der Waals surface area contributed by atoms with Crippen LogP contribution in [0.1, 0.15) is 30.9 Å². The number of likely N-dealkylation sites (tertiary alicyclic amines) is 1. The van der Waals surface area contributed by atoms with Crippen molar-refractivity contribution in [1.82, 2.24) is 10.2 Å². The summed E-state index contributed by atoms with van der Waals surface area (Å²) in [5.74, 6) is 0.517. The van der Waals surface area contributed by atoms with E-state index in [2.05, 4.69) is 10.2 Å². The zero-order valence-electron chi connectivity index (χ0n) is 12.6. The Morgan fingerprint density at radius 1 is 1.23 bits per heavy atom. The van der Waals surface area contributed by atoms with Crippen molar-refractivity contribution in [3.8, 4) is 0 Å². The van der Waals surface area contributed by atoms with Crippen LogP contribution in [0.4, 0.5) is 0 Å². The molecule has 22 heavy (non-hydrogen) atoms. The Kier molecular flexibility index (Phi) is 7.63. The van der Waals surface area contributed by atoms with Gasteiger partial charge in [-0.3, -0.25) is 4.79 Å². The monoisotopic (exact) mass is 345 g/mol. The average molecular weight is 346 g/mol. The maximum atomic E-state index is 12.1. The van der Waals surface area contributed by atoms with Crippen molar-refractivity contribution in [3.05, 3.63) is 35.9 Å². The van der Waals surface area contributed by atoms with Crippen molar-refractivity contribution < 1.29 is 4.79 Å². The van der Waals surface area contributed by atoms with Crippen molar-refractivity contribution in [2.24, 2.45) is 11.7 Å². The summed E-state index contributed by atoms with van der Waals surface area (Å²) in [6, 6.07) is 9.82. The molecule has 3 N–H and O–H groups in total. The van der Waals surface area contributed by atoms with E-state index in [4.69, 9.17) is 5.73 Å². The standard InChI is InChI=1S/C16H23N3O.2ClH/c17-15(13-4-2-1-3-5-13)16(20)18-10-12-8-9-19(11-12)14-6-7-14;;/h1-5,12,14-15H,6-11,17H2,(H,18,20);2*1H. The fourth-order valence-electron chi connectivity index (χ4n) is 2.97. The largest absolute Gasteiger partial charge is 0.354 e. The van der Waals surface area contributed by atoms with Gasteiger partial charge < -0.3 is 16.0 Å². The van der Waals surface area contributed by atoms with E-state index in [0.29, 0.717) is 5.92 Å². The van der Waals surface area contributed by atoms with Gasteiger partial charge >= 0.3 is 0 Å². The molecule has 1 aliphatic carbocycles. The second-order valence-electron chi connectivity index (χ2n) is 6.01. The SMILES string of the molecule is Cl.Cl.NC(C(=O)NCC1CCN(C2CC2)C1)c1ccccc1. The number of carbonyl (C=O) groups is 1. The van der Waals surface area contributed by atoms with Gasteiger partial charge in [-0.1, -0.05) is 30.3 Å². The molecule has 1 aliphatic heterocycles. The molecule has 2 aliphatic rings. The number of amides is 1. The van der Waals surface area contributed by atoms with Crippen LogP contribution in [0, 0.1) is 5.92 Å². The van der Waals surface area contributed by atoms with Crippen LogP contribution in [-0.2, 0) is 4.79 Å². The smallest absolute Gasteiger partial charge is 0.241 e. The van der Waals surface area contributed by atoms with Gasteiger partial charge in [0.15, 0.2) is 0 Å². The Balaban J connectivity index is 0.00000121. The molecule has 1 aromatic carbocycles. The quantitative estimate of drug-likeness (QED) is 0.859. The molecule has 2 unspecified atom stereocenters. The molecule has 0 radical (unpaired) electrons. The predicted octanol–water partition coefficient (Wildman–Crippen LogP) is 2.13. The van der Waals surface area contributed by atoms with Gasteiger partial charge in [-0.25, -0.2) is 0 Å². The zero-order chi connectivity index (χ0) is 13.9. The lowest BCUT2D eigenvalue weighted by Crippen LogP contribution is -2.37. The lowest BCUT2D eigenvalue weighted by molar-refractivity contribution is -0.122. The third-order valence-corrected chi connectivity index (χ3v) is 4.39.